The van der Waals surface area contributed by atoms with E-state index in [4.69, 9.17) is 18.5 Å². The lowest BCUT2D eigenvalue weighted by Crippen LogP contribution is -2.52. The summed E-state index contributed by atoms with van der Waals surface area (Å²) in [5.74, 6) is -1.91. The van der Waals surface area contributed by atoms with E-state index < -0.39 is 75.8 Å². The number of urea groups is 1. The van der Waals surface area contributed by atoms with Gasteiger partial charge in [-0.3, -0.25) is 27.9 Å². The Morgan fingerprint density at radius 3 is 2.53 bits per heavy atom. The Hall–Kier alpha value is -1.58. The number of aliphatic hydroxyl groups excluding tert-OH is 2. The monoisotopic (exact) mass is 585 g/mol. The first kappa shape index (κ1) is 32.6. The van der Waals surface area contributed by atoms with Gasteiger partial charge < -0.3 is 25.0 Å². The molecule has 0 aliphatic carbocycles. The summed E-state index contributed by atoms with van der Waals surface area (Å²) >= 11 is 0.988. The number of carbonyl (C=O) groups excluding carboxylic acids is 3. The normalized spacial score (nSPS) is 27.9. The number of carbonyl (C=O) groups is 3. The molecule has 2 aliphatic rings. The first-order valence-corrected chi connectivity index (χ1v) is 14.7. The number of hydrogen-bond donors (Lipinski definition) is 4. The molecular weight excluding hydrogens is 548 g/mol. The van der Waals surface area contributed by atoms with Crippen LogP contribution in [0.5, 0.6) is 0 Å². The van der Waals surface area contributed by atoms with Crippen molar-refractivity contribution in [2.75, 3.05) is 25.6 Å². The molecule has 13 nitrogen and oxygen atoms in total. The first-order chi connectivity index (χ1) is 17.8. The molecule has 0 aromatic carbocycles. The number of rotatable bonds is 14. The molecule has 0 spiro atoms. The lowest BCUT2D eigenvalue weighted by atomic mass is 10.00. The van der Waals surface area contributed by atoms with E-state index in [0.717, 1.165) is 16.7 Å². The maximum Gasteiger partial charge on any atom is 0.406 e. The minimum Gasteiger partial charge on any atom is -0.462 e. The molecule has 1 fully saturated rings. The summed E-state index contributed by atoms with van der Waals surface area (Å²) in [5, 5.41) is 24.7. The van der Waals surface area contributed by atoms with Crippen molar-refractivity contribution < 1.29 is 52.1 Å². The summed E-state index contributed by atoms with van der Waals surface area (Å²) in [5.41, 5.74) is 0. The number of esters is 1. The SMILES string of the molecule is CC(C)OC(=O)C(C)NP(=O)(OCCSC(=O)C(C)C)OCC1OC(N2C=CC(O)NC2=O)C(O)C1CF. The molecule has 2 rings (SSSR count). The van der Waals surface area contributed by atoms with Crippen molar-refractivity contribution in [3.63, 3.8) is 0 Å². The molecule has 38 heavy (non-hydrogen) atoms. The van der Waals surface area contributed by atoms with Gasteiger partial charge in [-0.25, -0.2) is 14.4 Å². The molecule has 1 saturated heterocycles. The van der Waals surface area contributed by atoms with Crippen molar-refractivity contribution in [2.24, 2.45) is 11.8 Å². The second-order valence-electron chi connectivity index (χ2n) is 9.30. The standard InChI is InChI=1S/C22H37FN3O10PS/c1-12(2)21(30)38-9-8-33-37(32,25-14(5)20(29)35-13(3)4)34-11-16-15(10-23)18(28)19(36-16)26-7-6-17(27)24-22(26)31/h6-7,12-19,27-28H,8-11H2,1-5H3,(H,24,31)(H,25,32). The van der Waals surface area contributed by atoms with Gasteiger partial charge in [-0.15, -0.1) is 0 Å². The fourth-order valence-corrected chi connectivity index (χ4v) is 5.74. The highest BCUT2D eigenvalue weighted by Crippen LogP contribution is 2.46. The Labute approximate surface area is 225 Å². The van der Waals surface area contributed by atoms with Crippen LogP contribution in [0.25, 0.3) is 0 Å². The second kappa shape index (κ2) is 14.7. The van der Waals surface area contributed by atoms with Crippen LogP contribution in [-0.4, -0.2) is 94.7 Å². The van der Waals surface area contributed by atoms with Crippen molar-refractivity contribution in [2.45, 2.75) is 71.4 Å². The van der Waals surface area contributed by atoms with Gasteiger partial charge in [0.2, 0.25) is 0 Å². The van der Waals surface area contributed by atoms with E-state index in [-0.39, 0.29) is 23.4 Å². The van der Waals surface area contributed by atoms with Crippen molar-refractivity contribution in [1.29, 1.82) is 0 Å². The molecular formula is C22H37FN3O10PS. The Balaban J connectivity index is 2.10. The van der Waals surface area contributed by atoms with Gasteiger partial charge >= 0.3 is 19.7 Å². The fraction of sp³-hybridized carbons (Fsp3) is 0.773. The maximum atomic E-state index is 13.9. The molecule has 7 atom stereocenters. The predicted octanol–water partition coefficient (Wildman–Crippen LogP) is 1.50. The van der Waals surface area contributed by atoms with Gasteiger partial charge in [0.15, 0.2) is 11.3 Å². The fourth-order valence-electron chi connectivity index (χ4n) is 3.44. The van der Waals surface area contributed by atoms with Crippen LogP contribution in [-0.2, 0) is 32.7 Å². The molecule has 0 saturated carbocycles. The lowest BCUT2D eigenvalue weighted by molar-refractivity contribution is -0.149. The summed E-state index contributed by atoms with van der Waals surface area (Å²) in [7, 11) is -4.24. The topological polar surface area (TPSA) is 173 Å². The highest BCUT2D eigenvalue weighted by Gasteiger charge is 2.48. The Morgan fingerprint density at radius 1 is 1.26 bits per heavy atom. The predicted molar refractivity (Wildman–Crippen MR) is 135 cm³/mol. The second-order valence-corrected chi connectivity index (χ2v) is 12.2. The number of nitrogens with one attached hydrogen (secondary N) is 2. The zero-order valence-electron chi connectivity index (χ0n) is 21.9. The van der Waals surface area contributed by atoms with Crippen molar-refractivity contribution in [3.8, 4) is 0 Å². The zero-order valence-corrected chi connectivity index (χ0v) is 23.7. The molecule has 16 heteroatoms. The molecule has 2 heterocycles. The molecule has 2 amide bonds. The number of alkyl halides is 1. The van der Waals surface area contributed by atoms with E-state index in [9.17, 15) is 33.6 Å². The lowest BCUT2D eigenvalue weighted by Gasteiger charge is -2.31. The van der Waals surface area contributed by atoms with Gasteiger partial charge in [-0.1, -0.05) is 25.6 Å². The molecule has 4 N–H and O–H groups in total. The number of amides is 2. The third kappa shape index (κ3) is 9.26. The summed E-state index contributed by atoms with van der Waals surface area (Å²) in [6.07, 6.45) is -3.14. The Morgan fingerprint density at radius 2 is 1.95 bits per heavy atom. The molecule has 2 aliphatic heterocycles. The van der Waals surface area contributed by atoms with Crippen LogP contribution in [0.3, 0.4) is 0 Å². The first-order valence-electron chi connectivity index (χ1n) is 12.2. The minimum absolute atomic E-state index is 0.0836. The smallest absolute Gasteiger partial charge is 0.406 e. The van der Waals surface area contributed by atoms with Gasteiger partial charge in [-0.2, -0.15) is 0 Å². The van der Waals surface area contributed by atoms with Crippen molar-refractivity contribution in [1.82, 2.24) is 15.3 Å². The molecule has 218 valence electrons. The van der Waals surface area contributed by atoms with Crippen LogP contribution in [0.15, 0.2) is 12.3 Å². The average molecular weight is 586 g/mol. The van der Waals surface area contributed by atoms with Crippen LogP contribution >= 0.6 is 19.5 Å². The van der Waals surface area contributed by atoms with Gasteiger partial charge in [0, 0.05) is 23.8 Å². The van der Waals surface area contributed by atoms with E-state index in [1.54, 1.807) is 27.7 Å². The molecule has 0 aromatic rings. The average Bonchev–Trinajstić information content (AvgIpc) is 3.14. The van der Waals surface area contributed by atoms with Crippen LogP contribution in [0, 0.1) is 11.8 Å². The molecule has 0 bridgehead atoms. The highest BCUT2D eigenvalue weighted by molar-refractivity contribution is 8.13. The van der Waals surface area contributed by atoms with Gasteiger partial charge in [0.25, 0.3) is 0 Å². The zero-order chi connectivity index (χ0) is 28.6. The summed E-state index contributed by atoms with van der Waals surface area (Å²) in [6.45, 7) is 6.42. The van der Waals surface area contributed by atoms with Gasteiger partial charge in [0.05, 0.1) is 32.1 Å². The Kier molecular flexibility index (Phi) is 12.6. The van der Waals surface area contributed by atoms with Crippen LogP contribution in [0.4, 0.5) is 9.18 Å². The van der Waals surface area contributed by atoms with E-state index >= 15 is 0 Å². The van der Waals surface area contributed by atoms with E-state index in [2.05, 4.69) is 10.4 Å². The summed E-state index contributed by atoms with van der Waals surface area (Å²) < 4.78 is 49.1. The quantitative estimate of drug-likeness (QED) is 0.132. The van der Waals surface area contributed by atoms with Gasteiger partial charge in [-0.05, 0) is 26.8 Å². The number of nitrogens with zero attached hydrogens (tertiary/aromatic N) is 1. The van der Waals surface area contributed by atoms with Crippen molar-refractivity contribution >= 4 is 36.6 Å². The number of aliphatic hydroxyl groups is 2. The van der Waals surface area contributed by atoms with Crippen LogP contribution in [0.1, 0.15) is 34.6 Å². The highest BCUT2D eigenvalue weighted by atomic mass is 32.2. The van der Waals surface area contributed by atoms with Crippen LogP contribution < -0.4 is 10.4 Å². The molecule has 0 radical (unpaired) electrons. The van der Waals surface area contributed by atoms with Crippen LogP contribution in [0.2, 0.25) is 0 Å². The van der Waals surface area contributed by atoms with E-state index in [0.29, 0.717) is 0 Å². The van der Waals surface area contributed by atoms with E-state index in [1.165, 1.54) is 19.2 Å². The molecule has 7 unspecified atom stereocenters. The largest absolute Gasteiger partial charge is 0.462 e. The number of hydrogen-bond acceptors (Lipinski definition) is 11. The Bertz CT molecular complexity index is 911. The number of ether oxygens (including phenoxy) is 2. The minimum atomic E-state index is -4.24. The molecule has 0 aromatic heterocycles. The van der Waals surface area contributed by atoms with Crippen molar-refractivity contribution in [3.05, 3.63) is 12.3 Å². The van der Waals surface area contributed by atoms with E-state index in [1.807, 2.05) is 0 Å². The summed E-state index contributed by atoms with van der Waals surface area (Å²) in [6, 6.07) is -1.88. The third-order valence-corrected chi connectivity index (χ3v) is 8.28. The maximum absolute atomic E-state index is 13.9. The summed E-state index contributed by atoms with van der Waals surface area (Å²) in [4.78, 5) is 37.3. The van der Waals surface area contributed by atoms with Gasteiger partial charge in [0.1, 0.15) is 18.4 Å². The number of halogens is 1. The third-order valence-electron chi connectivity index (χ3n) is 5.44. The number of thioether (sulfide) groups is 1.